The average Bonchev–Trinajstić information content (AvgIpc) is 2.82. The molecule has 0 saturated heterocycles. The van der Waals surface area contributed by atoms with Gasteiger partial charge in [-0.1, -0.05) is 6.92 Å². The molecule has 2 aromatic rings. The van der Waals surface area contributed by atoms with E-state index in [-0.39, 0.29) is 5.16 Å². The van der Waals surface area contributed by atoms with Gasteiger partial charge in [0.2, 0.25) is 0 Å². The molecular formula is C8H12N6O2S. The number of sulfonamides is 1. The van der Waals surface area contributed by atoms with Crippen molar-refractivity contribution in [2.24, 2.45) is 5.14 Å². The van der Waals surface area contributed by atoms with Crippen LogP contribution in [0.15, 0.2) is 17.6 Å². The summed E-state index contributed by atoms with van der Waals surface area (Å²) >= 11 is 0. The predicted octanol–water partition coefficient (Wildman–Crippen LogP) is -0.274. The van der Waals surface area contributed by atoms with Crippen LogP contribution in [0, 0.1) is 0 Å². The summed E-state index contributed by atoms with van der Waals surface area (Å²) in [6, 6.07) is 0. The number of aromatic amines is 1. The monoisotopic (exact) mass is 256 g/mol. The van der Waals surface area contributed by atoms with Gasteiger partial charge in [-0.3, -0.25) is 9.67 Å². The summed E-state index contributed by atoms with van der Waals surface area (Å²) in [5.74, 6) is 0.435. The second kappa shape index (κ2) is 4.26. The summed E-state index contributed by atoms with van der Waals surface area (Å²) < 4.78 is 24.2. The van der Waals surface area contributed by atoms with Crippen LogP contribution < -0.4 is 5.14 Å². The van der Waals surface area contributed by atoms with E-state index in [1.807, 2.05) is 6.92 Å². The minimum Gasteiger partial charge on any atom is -0.297 e. The molecule has 0 atom stereocenters. The van der Waals surface area contributed by atoms with Crippen molar-refractivity contribution in [1.82, 2.24) is 25.0 Å². The molecule has 0 unspecified atom stereocenters. The summed E-state index contributed by atoms with van der Waals surface area (Å²) in [6.45, 7) is 2.39. The Morgan fingerprint density at radius 2 is 2.24 bits per heavy atom. The van der Waals surface area contributed by atoms with Gasteiger partial charge in [-0.2, -0.15) is 5.10 Å². The zero-order valence-electron chi connectivity index (χ0n) is 9.16. The third kappa shape index (κ3) is 2.19. The van der Waals surface area contributed by atoms with Crippen LogP contribution >= 0.6 is 0 Å². The normalized spacial score (nSPS) is 11.9. The molecule has 0 aromatic carbocycles. The lowest BCUT2D eigenvalue weighted by Gasteiger charge is -2.05. The van der Waals surface area contributed by atoms with Crippen molar-refractivity contribution in [3.63, 3.8) is 0 Å². The van der Waals surface area contributed by atoms with Crippen molar-refractivity contribution in [2.75, 3.05) is 0 Å². The Kier molecular flexibility index (Phi) is 2.94. The van der Waals surface area contributed by atoms with Crippen LogP contribution in [0.3, 0.4) is 0 Å². The minimum atomic E-state index is -3.87. The molecule has 0 bridgehead atoms. The van der Waals surface area contributed by atoms with Crippen LogP contribution in [0.2, 0.25) is 0 Å². The predicted molar refractivity (Wildman–Crippen MR) is 59.3 cm³/mol. The molecule has 2 aromatic heterocycles. The summed E-state index contributed by atoms with van der Waals surface area (Å²) in [5, 5.41) is 18.7. The van der Waals surface area contributed by atoms with Crippen molar-refractivity contribution < 1.29 is 8.42 Å². The molecule has 92 valence electrons. The molecule has 0 radical (unpaired) electrons. The largest absolute Gasteiger partial charge is 0.297 e. The standard InChI is InChI=1S/C8H12N6O2S/c1-2-3-14-7(6-4-10-11-5-6)12-13-8(14)17(9,15)16/h4-5H,2-3H2,1H3,(H,10,11)(H2,9,15,16). The third-order valence-corrected chi connectivity index (χ3v) is 2.99. The second-order valence-electron chi connectivity index (χ2n) is 3.49. The van der Waals surface area contributed by atoms with Crippen molar-refractivity contribution in [1.29, 1.82) is 0 Å². The molecule has 3 N–H and O–H groups in total. The summed E-state index contributed by atoms with van der Waals surface area (Å²) in [6.07, 6.45) is 3.90. The van der Waals surface area contributed by atoms with Gasteiger partial charge in [0.25, 0.3) is 15.2 Å². The number of H-pyrrole nitrogens is 1. The van der Waals surface area contributed by atoms with Gasteiger partial charge in [-0.05, 0) is 6.42 Å². The molecule has 0 amide bonds. The van der Waals surface area contributed by atoms with Crippen molar-refractivity contribution in [3.05, 3.63) is 12.4 Å². The molecule has 0 spiro atoms. The zero-order valence-corrected chi connectivity index (χ0v) is 9.98. The first kappa shape index (κ1) is 11.7. The first-order valence-electron chi connectivity index (χ1n) is 4.99. The van der Waals surface area contributed by atoms with E-state index < -0.39 is 10.0 Å². The SMILES string of the molecule is CCCn1c(-c2cn[nH]c2)nnc1S(N)(=O)=O. The highest BCUT2D eigenvalue weighted by Gasteiger charge is 2.21. The number of nitrogens with one attached hydrogen (secondary N) is 1. The van der Waals surface area contributed by atoms with Crippen LogP contribution in [0.1, 0.15) is 13.3 Å². The van der Waals surface area contributed by atoms with Crippen LogP contribution in [-0.2, 0) is 16.6 Å². The molecule has 0 aliphatic heterocycles. The van der Waals surface area contributed by atoms with Gasteiger partial charge in [0.1, 0.15) is 0 Å². The molecule has 0 fully saturated rings. The maximum atomic E-state index is 11.3. The first-order valence-corrected chi connectivity index (χ1v) is 6.54. The third-order valence-electron chi connectivity index (χ3n) is 2.17. The number of aromatic nitrogens is 5. The highest BCUT2D eigenvalue weighted by Crippen LogP contribution is 2.18. The van der Waals surface area contributed by atoms with Gasteiger partial charge in [0.05, 0.1) is 11.8 Å². The fraction of sp³-hybridized carbons (Fsp3) is 0.375. The Labute approximate surface area is 97.9 Å². The van der Waals surface area contributed by atoms with Crippen molar-refractivity contribution in [3.8, 4) is 11.4 Å². The van der Waals surface area contributed by atoms with Gasteiger partial charge >= 0.3 is 0 Å². The smallest absolute Gasteiger partial charge is 0.273 e. The Morgan fingerprint density at radius 3 is 2.76 bits per heavy atom. The lowest BCUT2D eigenvalue weighted by atomic mass is 10.3. The van der Waals surface area contributed by atoms with E-state index in [9.17, 15) is 8.42 Å². The van der Waals surface area contributed by atoms with Gasteiger partial charge < -0.3 is 0 Å². The number of primary sulfonamides is 1. The van der Waals surface area contributed by atoms with Crippen molar-refractivity contribution in [2.45, 2.75) is 25.0 Å². The van der Waals surface area contributed by atoms with Gasteiger partial charge in [0, 0.05) is 12.7 Å². The topological polar surface area (TPSA) is 120 Å². The highest BCUT2D eigenvalue weighted by molar-refractivity contribution is 7.89. The number of nitrogens with zero attached hydrogens (tertiary/aromatic N) is 4. The Hall–Kier alpha value is -1.74. The van der Waals surface area contributed by atoms with E-state index in [0.29, 0.717) is 17.9 Å². The maximum absolute atomic E-state index is 11.3. The first-order chi connectivity index (χ1) is 8.04. The summed E-state index contributed by atoms with van der Waals surface area (Å²) in [5.41, 5.74) is 0.667. The molecule has 0 aliphatic rings. The minimum absolute atomic E-state index is 0.226. The van der Waals surface area contributed by atoms with Crippen molar-refractivity contribution >= 4 is 10.0 Å². The van der Waals surface area contributed by atoms with Crippen LogP contribution in [-0.4, -0.2) is 33.4 Å². The van der Waals surface area contributed by atoms with E-state index in [1.54, 1.807) is 12.4 Å². The lowest BCUT2D eigenvalue weighted by molar-refractivity contribution is 0.559. The van der Waals surface area contributed by atoms with Gasteiger partial charge in [-0.25, -0.2) is 13.6 Å². The Balaban J connectivity index is 2.59. The number of hydrogen-bond donors (Lipinski definition) is 2. The second-order valence-corrected chi connectivity index (χ2v) is 4.94. The van der Waals surface area contributed by atoms with Crippen LogP contribution in [0.5, 0.6) is 0 Å². The number of nitrogens with two attached hydrogens (primary N) is 1. The molecule has 9 heteroatoms. The molecule has 2 heterocycles. The summed E-state index contributed by atoms with van der Waals surface area (Å²) in [4.78, 5) is 0. The quantitative estimate of drug-likeness (QED) is 0.780. The highest BCUT2D eigenvalue weighted by atomic mass is 32.2. The maximum Gasteiger partial charge on any atom is 0.273 e. The Bertz CT molecular complexity index is 600. The summed E-state index contributed by atoms with van der Waals surface area (Å²) in [7, 11) is -3.87. The van der Waals surface area contributed by atoms with E-state index in [0.717, 1.165) is 6.42 Å². The molecule has 17 heavy (non-hydrogen) atoms. The fourth-order valence-corrected chi connectivity index (χ4v) is 2.15. The Morgan fingerprint density at radius 1 is 1.47 bits per heavy atom. The fourth-order valence-electron chi connectivity index (χ4n) is 1.51. The molecular weight excluding hydrogens is 244 g/mol. The zero-order chi connectivity index (χ0) is 12.5. The number of rotatable bonds is 4. The molecule has 2 rings (SSSR count). The van der Waals surface area contributed by atoms with E-state index >= 15 is 0 Å². The van der Waals surface area contributed by atoms with E-state index in [4.69, 9.17) is 5.14 Å². The van der Waals surface area contributed by atoms with E-state index in [1.165, 1.54) is 4.57 Å². The van der Waals surface area contributed by atoms with E-state index in [2.05, 4.69) is 20.4 Å². The van der Waals surface area contributed by atoms with Gasteiger partial charge in [-0.15, -0.1) is 10.2 Å². The number of hydrogen-bond acceptors (Lipinski definition) is 5. The molecule has 8 nitrogen and oxygen atoms in total. The lowest BCUT2D eigenvalue weighted by Crippen LogP contribution is -2.19. The average molecular weight is 256 g/mol. The van der Waals surface area contributed by atoms with Crippen LogP contribution in [0.4, 0.5) is 0 Å². The van der Waals surface area contributed by atoms with Crippen LogP contribution in [0.25, 0.3) is 11.4 Å². The molecule has 0 aliphatic carbocycles. The van der Waals surface area contributed by atoms with Gasteiger partial charge in [0.15, 0.2) is 5.82 Å². The molecule has 0 saturated carbocycles.